The van der Waals surface area contributed by atoms with Crippen molar-refractivity contribution in [3.05, 3.63) is 40.4 Å². The summed E-state index contributed by atoms with van der Waals surface area (Å²) in [6.07, 6.45) is 0. The van der Waals surface area contributed by atoms with Gasteiger partial charge in [-0.15, -0.1) is 11.3 Å². The van der Waals surface area contributed by atoms with E-state index in [1.807, 2.05) is 0 Å². The number of hydrogen-bond donors (Lipinski definition) is 1. The standard InChI is InChI=1S/C16H23N3S/c1-11(2)17-9-14-10-20-16(18-14)19(5)15-7-6-12(3)8-13(15)4/h6-8,10-11,17H,9H2,1-5H3. The Labute approximate surface area is 125 Å². The lowest BCUT2D eigenvalue weighted by molar-refractivity contribution is 0.583. The molecule has 2 aromatic rings. The maximum absolute atomic E-state index is 4.70. The molecule has 0 aliphatic carbocycles. The van der Waals surface area contributed by atoms with E-state index in [-0.39, 0.29) is 0 Å². The highest BCUT2D eigenvalue weighted by Crippen LogP contribution is 2.29. The molecule has 0 amide bonds. The van der Waals surface area contributed by atoms with Crippen LogP contribution in [0.15, 0.2) is 23.6 Å². The fourth-order valence-corrected chi connectivity index (χ4v) is 2.93. The largest absolute Gasteiger partial charge is 0.321 e. The van der Waals surface area contributed by atoms with Gasteiger partial charge in [-0.2, -0.15) is 0 Å². The fraction of sp³-hybridized carbons (Fsp3) is 0.438. The first-order chi connectivity index (χ1) is 9.47. The Morgan fingerprint density at radius 1 is 1.30 bits per heavy atom. The first-order valence-electron chi connectivity index (χ1n) is 6.96. The van der Waals surface area contributed by atoms with Gasteiger partial charge in [0.05, 0.1) is 5.69 Å². The number of rotatable bonds is 5. The van der Waals surface area contributed by atoms with E-state index < -0.39 is 0 Å². The molecule has 0 spiro atoms. The number of aromatic nitrogens is 1. The summed E-state index contributed by atoms with van der Waals surface area (Å²) in [6.45, 7) is 9.39. The molecule has 20 heavy (non-hydrogen) atoms. The zero-order chi connectivity index (χ0) is 14.7. The molecule has 4 heteroatoms. The lowest BCUT2D eigenvalue weighted by Gasteiger charge is -2.18. The second kappa shape index (κ2) is 6.37. The van der Waals surface area contributed by atoms with Crippen molar-refractivity contribution in [1.82, 2.24) is 10.3 Å². The molecule has 1 N–H and O–H groups in total. The second-order valence-electron chi connectivity index (χ2n) is 5.51. The Morgan fingerprint density at radius 3 is 2.70 bits per heavy atom. The summed E-state index contributed by atoms with van der Waals surface area (Å²) in [5, 5.41) is 6.57. The van der Waals surface area contributed by atoms with E-state index in [0.717, 1.165) is 17.4 Å². The van der Waals surface area contributed by atoms with Crippen molar-refractivity contribution in [3.63, 3.8) is 0 Å². The summed E-state index contributed by atoms with van der Waals surface area (Å²) in [5.41, 5.74) is 4.90. The maximum Gasteiger partial charge on any atom is 0.189 e. The van der Waals surface area contributed by atoms with Crippen LogP contribution in [0.25, 0.3) is 0 Å². The lowest BCUT2D eigenvalue weighted by Crippen LogP contribution is -2.22. The molecule has 0 unspecified atom stereocenters. The summed E-state index contributed by atoms with van der Waals surface area (Å²) in [7, 11) is 2.08. The fourth-order valence-electron chi connectivity index (χ4n) is 2.12. The maximum atomic E-state index is 4.70. The minimum absolute atomic E-state index is 0.484. The van der Waals surface area contributed by atoms with Gasteiger partial charge in [-0.3, -0.25) is 0 Å². The molecule has 0 aliphatic heterocycles. The third-order valence-corrected chi connectivity index (χ3v) is 4.20. The highest BCUT2D eigenvalue weighted by Gasteiger charge is 2.11. The van der Waals surface area contributed by atoms with E-state index in [9.17, 15) is 0 Å². The van der Waals surface area contributed by atoms with Crippen molar-refractivity contribution in [2.24, 2.45) is 0 Å². The van der Waals surface area contributed by atoms with E-state index in [1.54, 1.807) is 11.3 Å². The molecule has 1 heterocycles. The molecule has 3 nitrogen and oxygen atoms in total. The van der Waals surface area contributed by atoms with Crippen molar-refractivity contribution in [2.75, 3.05) is 11.9 Å². The van der Waals surface area contributed by atoms with E-state index in [1.165, 1.54) is 16.8 Å². The Balaban J connectivity index is 2.14. The summed E-state index contributed by atoms with van der Waals surface area (Å²) < 4.78 is 0. The number of nitrogens with one attached hydrogen (secondary N) is 1. The van der Waals surface area contributed by atoms with Gasteiger partial charge in [0.15, 0.2) is 5.13 Å². The van der Waals surface area contributed by atoms with Crippen LogP contribution in [0.1, 0.15) is 30.7 Å². The molecule has 0 bridgehead atoms. The Kier molecular flexibility index (Phi) is 4.78. The van der Waals surface area contributed by atoms with Gasteiger partial charge in [-0.1, -0.05) is 31.5 Å². The van der Waals surface area contributed by atoms with Crippen LogP contribution in [0.2, 0.25) is 0 Å². The Bertz CT molecular complexity index is 575. The number of hydrogen-bond acceptors (Lipinski definition) is 4. The minimum Gasteiger partial charge on any atom is -0.321 e. The number of thiazole rings is 1. The van der Waals surface area contributed by atoms with Gasteiger partial charge < -0.3 is 10.2 Å². The zero-order valence-electron chi connectivity index (χ0n) is 12.9. The quantitative estimate of drug-likeness (QED) is 0.901. The molecule has 1 aromatic heterocycles. The summed E-state index contributed by atoms with van der Waals surface area (Å²) in [6, 6.07) is 7.00. The van der Waals surface area contributed by atoms with Gasteiger partial charge in [-0.05, 0) is 25.5 Å². The van der Waals surface area contributed by atoms with Crippen molar-refractivity contribution in [1.29, 1.82) is 0 Å². The van der Waals surface area contributed by atoms with Crippen molar-refractivity contribution < 1.29 is 0 Å². The molecule has 0 aliphatic rings. The molecule has 0 fully saturated rings. The summed E-state index contributed by atoms with van der Waals surface area (Å²) in [5.74, 6) is 0. The van der Waals surface area contributed by atoms with Gasteiger partial charge in [0.2, 0.25) is 0 Å². The number of nitrogens with zero attached hydrogens (tertiary/aromatic N) is 2. The molecular formula is C16H23N3S. The van der Waals surface area contributed by atoms with E-state index in [2.05, 4.69) is 68.5 Å². The van der Waals surface area contributed by atoms with Crippen LogP contribution in [-0.2, 0) is 6.54 Å². The van der Waals surface area contributed by atoms with Crippen LogP contribution in [0.3, 0.4) is 0 Å². The summed E-state index contributed by atoms with van der Waals surface area (Å²) >= 11 is 1.69. The van der Waals surface area contributed by atoms with Crippen molar-refractivity contribution in [2.45, 2.75) is 40.3 Å². The van der Waals surface area contributed by atoms with Crippen molar-refractivity contribution in [3.8, 4) is 0 Å². The van der Waals surface area contributed by atoms with E-state index in [0.29, 0.717) is 6.04 Å². The molecule has 0 saturated carbocycles. The van der Waals surface area contributed by atoms with Crippen LogP contribution in [0.5, 0.6) is 0 Å². The molecule has 1 aromatic carbocycles. The number of benzene rings is 1. The lowest BCUT2D eigenvalue weighted by atomic mass is 10.1. The Morgan fingerprint density at radius 2 is 2.05 bits per heavy atom. The molecule has 0 saturated heterocycles. The Hall–Kier alpha value is -1.39. The first kappa shape index (κ1) is 15.0. The minimum atomic E-state index is 0.484. The second-order valence-corrected chi connectivity index (χ2v) is 6.34. The zero-order valence-corrected chi connectivity index (χ0v) is 13.7. The van der Waals surface area contributed by atoms with Gasteiger partial charge in [0.1, 0.15) is 0 Å². The highest BCUT2D eigenvalue weighted by molar-refractivity contribution is 7.13. The molecule has 0 radical (unpaired) electrons. The van der Waals surface area contributed by atoms with Crippen LogP contribution < -0.4 is 10.2 Å². The smallest absolute Gasteiger partial charge is 0.189 e. The van der Waals surface area contributed by atoms with Crippen LogP contribution in [-0.4, -0.2) is 18.1 Å². The molecule has 0 atom stereocenters. The number of anilines is 2. The molecular weight excluding hydrogens is 266 g/mol. The van der Waals surface area contributed by atoms with Crippen molar-refractivity contribution >= 4 is 22.2 Å². The number of aryl methyl sites for hydroxylation is 2. The van der Waals surface area contributed by atoms with Gasteiger partial charge in [0.25, 0.3) is 0 Å². The first-order valence-corrected chi connectivity index (χ1v) is 7.84. The van der Waals surface area contributed by atoms with Gasteiger partial charge in [0, 0.05) is 30.7 Å². The van der Waals surface area contributed by atoms with E-state index >= 15 is 0 Å². The van der Waals surface area contributed by atoms with Crippen LogP contribution in [0.4, 0.5) is 10.8 Å². The average Bonchev–Trinajstić information content (AvgIpc) is 2.84. The van der Waals surface area contributed by atoms with Gasteiger partial charge >= 0.3 is 0 Å². The SMILES string of the molecule is Cc1ccc(N(C)c2nc(CNC(C)C)cs2)c(C)c1. The van der Waals surface area contributed by atoms with Crippen LogP contribution in [0, 0.1) is 13.8 Å². The molecule has 108 valence electrons. The van der Waals surface area contributed by atoms with Crippen LogP contribution >= 0.6 is 11.3 Å². The van der Waals surface area contributed by atoms with E-state index in [4.69, 9.17) is 4.98 Å². The van der Waals surface area contributed by atoms with Gasteiger partial charge in [-0.25, -0.2) is 4.98 Å². The monoisotopic (exact) mass is 289 g/mol. The normalized spacial score (nSPS) is 11.1. The third-order valence-electron chi connectivity index (χ3n) is 3.23. The third kappa shape index (κ3) is 3.58. The molecule has 2 rings (SSSR count). The predicted octanol–water partition coefficient (Wildman–Crippen LogP) is 4.03. The topological polar surface area (TPSA) is 28.2 Å². The highest BCUT2D eigenvalue weighted by atomic mass is 32.1. The summed E-state index contributed by atoms with van der Waals surface area (Å²) in [4.78, 5) is 6.87. The average molecular weight is 289 g/mol. The predicted molar refractivity (Wildman–Crippen MR) is 88.1 cm³/mol.